The summed E-state index contributed by atoms with van der Waals surface area (Å²) in [6.45, 7) is 0. The maximum absolute atomic E-state index is 11.7. The lowest BCUT2D eigenvalue weighted by Gasteiger charge is -2.10. The van der Waals surface area contributed by atoms with Gasteiger partial charge in [-0.15, -0.1) is 0 Å². The number of phenolic OH excluding ortho intramolecular Hbond substituents is 1. The number of hydrogen-bond acceptors (Lipinski definition) is 6. The minimum atomic E-state index is -1.08. The Balaban J connectivity index is 2.19. The Morgan fingerprint density at radius 3 is 2.33 bits per heavy atom. The van der Waals surface area contributed by atoms with E-state index in [0.717, 1.165) is 0 Å². The van der Waals surface area contributed by atoms with Crippen molar-refractivity contribution in [3.63, 3.8) is 0 Å². The fourth-order valence-electron chi connectivity index (χ4n) is 1.59. The monoisotopic (exact) mass is 288 g/mol. The molecule has 0 atom stereocenters. The zero-order valence-corrected chi connectivity index (χ0v) is 11.1. The summed E-state index contributed by atoms with van der Waals surface area (Å²) in [5.74, 6) is -1.15. The van der Waals surface area contributed by atoms with E-state index in [2.05, 4.69) is 4.74 Å². The number of ether oxygens (including phenoxy) is 3. The van der Waals surface area contributed by atoms with Gasteiger partial charge in [0, 0.05) is 0 Å². The zero-order valence-electron chi connectivity index (χ0n) is 11.1. The maximum atomic E-state index is 11.7. The van der Waals surface area contributed by atoms with Gasteiger partial charge in [0.25, 0.3) is 0 Å². The lowest BCUT2D eigenvalue weighted by atomic mass is 10.2. The van der Waals surface area contributed by atoms with Crippen LogP contribution in [-0.4, -0.2) is 24.3 Å². The molecule has 0 heterocycles. The molecule has 1 N–H and O–H groups in total. The molecule has 0 bridgehead atoms. The Morgan fingerprint density at radius 1 is 0.952 bits per heavy atom. The van der Waals surface area contributed by atoms with Crippen LogP contribution >= 0.6 is 0 Å². The van der Waals surface area contributed by atoms with Crippen LogP contribution in [0.15, 0.2) is 48.5 Å². The second-order valence-electron chi connectivity index (χ2n) is 3.91. The SMILES string of the molecule is COC(=O)c1cccc(O)c1OC(=O)Oc1ccccc1. The van der Waals surface area contributed by atoms with Crippen molar-refractivity contribution >= 4 is 12.1 Å². The first-order valence-corrected chi connectivity index (χ1v) is 5.97. The van der Waals surface area contributed by atoms with Crippen molar-refractivity contribution in [1.29, 1.82) is 0 Å². The van der Waals surface area contributed by atoms with E-state index in [4.69, 9.17) is 9.47 Å². The van der Waals surface area contributed by atoms with Gasteiger partial charge in [0.2, 0.25) is 0 Å². The quantitative estimate of drug-likeness (QED) is 0.690. The van der Waals surface area contributed by atoms with E-state index in [1.807, 2.05) is 0 Å². The average molecular weight is 288 g/mol. The van der Waals surface area contributed by atoms with Gasteiger partial charge in [-0.2, -0.15) is 0 Å². The smallest absolute Gasteiger partial charge is 0.504 e. The number of phenols is 1. The van der Waals surface area contributed by atoms with E-state index in [9.17, 15) is 14.7 Å². The van der Waals surface area contributed by atoms with Crippen LogP contribution in [0.25, 0.3) is 0 Å². The van der Waals surface area contributed by atoms with Gasteiger partial charge in [-0.3, -0.25) is 0 Å². The predicted octanol–water partition coefficient (Wildman–Crippen LogP) is 2.76. The molecule has 0 aliphatic rings. The number of carbonyl (C=O) groups is 2. The Bertz CT molecular complexity index is 650. The Labute approximate surface area is 120 Å². The van der Waals surface area contributed by atoms with Crippen LogP contribution < -0.4 is 9.47 Å². The van der Waals surface area contributed by atoms with Crippen molar-refractivity contribution in [3.8, 4) is 17.2 Å². The van der Waals surface area contributed by atoms with E-state index in [-0.39, 0.29) is 22.8 Å². The second kappa shape index (κ2) is 6.42. The molecule has 21 heavy (non-hydrogen) atoms. The minimum absolute atomic E-state index is 0.0810. The summed E-state index contributed by atoms with van der Waals surface area (Å²) < 4.78 is 14.4. The lowest BCUT2D eigenvalue weighted by molar-refractivity contribution is 0.0596. The number of hydrogen-bond donors (Lipinski definition) is 1. The van der Waals surface area contributed by atoms with Gasteiger partial charge in [0.15, 0.2) is 11.5 Å². The van der Waals surface area contributed by atoms with Crippen LogP contribution in [-0.2, 0) is 4.74 Å². The molecule has 0 aliphatic heterocycles. The molecular weight excluding hydrogens is 276 g/mol. The number of esters is 1. The van der Waals surface area contributed by atoms with Gasteiger partial charge in [-0.1, -0.05) is 24.3 Å². The van der Waals surface area contributed by atoms with Crippen LogP contribution in [0.3, 0.4) is 0 Å². The summed E-state index contributed by atoms with van der Waals surface area (Å²) in [7, 11) is 1.18. The van der Waals surface area contributed by atoms with E-state index in [0.29, 0.717) is 0 Å². The molecule has 0 radical (unpaired) electrons. The van der Waals surface area contributed by atoms with Crippen LogP contribution in [0.1, 0.15) is 10.4 Å². The normalized spacial score (nSPS) is 9.76. The van der Waals surface area contributed by atoms with E-state index >= 15 is 0 Å². The molecule has 2 aromatic carbocycles. The van der Waals surface area contributed by atoms with Crippen LogP contribution in [0, 0.1) is 0 Å². The fraction of sp³-hybridized carbons (Fsp3) is 0.0667. The van der Waals surface area contributed by atoms with E-state index in [1.165, 1.54) is 25.3 Å². The summed E-state index contributed by atoms with van der Waals surface area (Å²) in [5, 5.41) is 9.71. The molecule has 0 aromatic heterocycles. The number of carbonyl (C=O) groups excluding carboxylic acids is 2. The molecule has 6 nitrogen and oxygen atoms in total. The van der Waals surface area contributed by atoms with Crippen LogP contribution in [0.2, 0.25) is 0 Å². The molecule has 6 heteroatoms. The first kappa shape index (κ1) is 14.4. The molecule has 0 spiro atoms. The molecular formula is C15H12O6. The second-order valence-corrected chi connectivity index (χ2v) is 3.91. The summed E-state index contributed by atoms with van der Waals surface area (Å²) >= 11 is 0. The van der Waals surface area contributed by atoms with Crippen molar-refractivity contribution in [3.05, 3.63) is 54.1 Å². The molecule has 2 aromatic rings. The number of methoxy groups -OCH3 is 1. The molecule has 108 valence electrons. The van der Waals surface area contributed by atoms with Crippen LogP contribution in [0.4, 0.5) is 4.79 Å². The molecule has 0 aliphatic carbocycles. The average Bonchev–Trinajstić information content (AvgIpc) is 2.49. The first-order valence-electron chi connectivity index (χ1n) is 5.97. The molecule has 0 amide bonds. The largest absolute Gasteiger partial charge is 0.519 e. The van der Waals surface area contributed by atoms with E-state index in [1.54, 1.807) is 30.3 Å². The number of aromatic hydroxyl groups is 1. The summed E-state index contributed by atoms with van der Waals surface area (Å²) in [6, 6.07) is 12.3. The van der Waals surface area contributed by atoms with Gasteiger partial charge >= 0.3 is 12.1 Å². The van der Waals surface area contributed by atoms with Gasteiger partial charge in [-0.25, -0.2) is 9.59 Å². The Morgan fingerprint density at radius 2 is 1.67 bits per heavy atom. The number of rotatable bonds is 3. The van der Waals surface area contributed by atoms with Crippen LogP contribution in [0.5, 0.6) is 17.2 Å². The summed E-state index contributed by atoms with van der Waals surface area (Å²) in [4.78, 5) is 23.3. The molecule has 0 saturated carbocycles. The zero-order chi connectivity index (χ0) is 15.2. The highest BCUT2D eigenvalue weighted by Crippen LogP contribution is 2.31. The lowest BCUT2D eigenvalue weighted by Crippen LogP contribution is -2.16. The summed E-state index contributed by atoms with van der Waals surface area (Å²) in [6.07, 6.45) is -1.08. The van der Waals surface area contributed by atoms with Crippen molar-refractivity contribution in [2.75, 3.05) is 7.11 Å². The molecule has 0 unspecified atom stereocenters. The van der Waals surface area contributed by atoms with Crippen molar-refractivity contribution < 1.29 is 28.9 Å². The van der Waals surface area contributed by atoms with Crippen molar-refractivity contribution in [2.45, 2.75) is 0 Å². The third kappa shape index (κ3) is 3.50. The minimum Gasteiger partial charge on any atom is -0.504 e. The molecule has 2 rings (SSSR count). The number of benzene rings is 2. The standard InChI is InChI=1S/C15H12O6/c1-19-14(17)11-8-5-9-12(16)13(11)21-15(18)20-10-6-3-2-4-7-10/h2-9,16H,1H3. The molecule has 0 saturated heterocycles. The van der Waals surface area contributed by atoms with Gasteiger partial charge in [0.1, 0.15) is 11.3 Å². The topological polar surface area (TPSA) is 82.1 Å². The predicted molar refractivity (Wildman–Crippen MR) is 72.5 cm³/mol. The van der Waals surface area contributed by atoms with Crippen molar-refractivity contribution in [2.24, 2.45) is 0 Å². The third-order valence-electron chi connectivity index (χ3n) is 2.53. The highest BCUT2D eigenvalue weighted by molar-refractivity contribution is 5.94. The first-order chi connectivity index (χ1) is 10.1. The van der Waals surface area contributed by atoms with Gasteiger partial charge in [-0.05, 0) is 24.3 Å². The maximum Gasteiger partial charge on any atom is 0.519 e. The molecule has 0 fully saturated rings. The van der Waals surface area contributed by atoms with Gasteiger partial charge in [0.05, 0.1) is 7.11 Å². The third-order valence-corrected chi connectivity index (χ3v) is 2.53. The highest BCUT2D eigenvalue weighted by atomic mass is 16.7. The van der Waals surface area contributed by atoms with Crippen molar-refractivity contribution in [1.82, 2.24) is 0 Å². The Kier molecular flexibility index (Phi) is 4.40. The fourth-order valence-corrected chi connectivity index (χ4v) is 1.59. The Hall–Kier alpha value is -3.02. The number of para-hydroxylation sites is 2. The van der Waals surface area contributed by atoms with Gasteiger partial charge < -0.3 is 19.3 Å². The summed E-state index contributed by atoms with van der Waals surface area (Å²) in [5.41, 5.74) is -0.0810. The highest BCUT2D eigenvalue weighted by Gasteiger charge is 2.20. The van der Waals surface area contributed by atoms with E-state index < -0.39 is 12.1 Å².